The fourth-order valence-electron chi connectivity index (χ4n) is 3.16. The van der Waals surface area contributed by atoms with E-state index < -0.39 is 0 Å². The Kier molecular flexibility index (Phi) is 6.00. The third-order valence-corrected chi connectivity index (χ3v) is 5.52. The summed E-state index contributed by atoms with van der Waals surface area (Å²) in [5.41, 5.74) is 2.16. The van der Waals surface area contributed by atoms with E-state index in [9.17, 15) is 4.79 Å². The van der Waals surface area contributed by atoms with Crippen molar-refractivity contribution in [2.75, 3.05) is 42.7 Å². The summed E-state index contributed by atoms with van der Waals surface area (Å²) in [5.74, 6) is 0.0645. The first kappa shape index (κ1) is 17.8. The van der Waals surface area contributed by atoms with E-state index in [1.54, 1.807) is 11.8 Å². The van der Waals surface area contributed by atoms with E-state index in [2.05, 4.69) is 39.4 Å². The standard InChI is InChI=1S/C20H25N3OS/c1-16(20(24)21-18-10-6-7-11-19(18)25-2)22-12-14-23(15-13-22)17-8-4-3-5-9-17/h3-11,16H,12-15H2,1-2H3,(H,21,24). The molecule has 1 fully saturated rings. The van der Waals surface area contributed by atoms with E-state index in [1.807, 2.05) is 43.5 Å². The minimum atomic E-state index is -0.132. The van der Waals surface area contributed by atoms with E-state index >= 15 is 0 Å². The van der Waals surface area contributed by atoms with Gasteiger partial charge in [-0.05, 0) is 37.4 Å². The fraction of sp³-hybridized carbons (Fsp3) is 0.350. The molecule has 25 heavy (non-hydrogen) atoms. The second-order valence-electron chi connectivity index (χ2n) is 6.22. The lowest BCUT2D eigenvalue weighted by Crippen LogP contribution is -2.52. The molecule has 1 aliphatic heterocycles. The lowest BCUT2D eigenvalue weighted by molar-refractivity contribution is -0.120. The summed E-state index contributed by atoms with van der Waals surface area (Å²) in [4.78, 5) is 18.4. The van der Waals surface area contributed by atoms with Crippen LogP contribution in [0, 0.1) is 0 Å². The number of hydrogen-bond donors (Lipinski definition) is 1. The third kappa shape index (κ3) is 4.35. The average molecular weight is 356 g/mol. The number of carbonyl (C=O) groups is 1. The van der Waals surface area contributed by atoms with Gasteiger partial charge in [0.2, 0.25) is 5.91 Å². The van der Waals surface area contributed by atoms with Crippen LogP contribution in [-0.4, -0.2) is 49.3 Å². The molecule has 4 nitrogen and oxygen atoms in total. The molecular formula is C20H25N3OS. The molecule has 1 heterocycles. The maximum atomic E-state index is 12.7. The Balaban J connectivity index is 1.57. The molecule has 1 aliphatic rings. The van der Waals surface area contributed by atoms with Crippen LogP contribution >= 0.6 is 11.8 Å². The number of anilines is 2. The van der Waals surface area contributed by atoms with E-state index in [4.69, 9.17) is 0 Å². The Morgan fingerprint density at radius 1 is 1.00 bits per heavy atom. The molecule has 0 saturated carbocycles. The topological polar surface area (TPSA) is 35.6 Å². The van der Waals surface area contributed by atoms with Gasteiger partial charge in [-0.3, -0.25) is 9.69 Å². The summed E-state index contributed by atoms with van der Waals surface area (Å²) in [6.07, 6.45) is 2.03. The van der Waals surface area contributed by atoms with Gasteiger partial charge in [0.15, 0.2) is 0 Å². The molecule has 1 unspecified atom stereocenters. The predicted octanol–water partition coefficient (Wildman–Crippen LogP) is 3.56. The van der Waals surface area contributed by atoms with Crippen molar-refractivity contribution >= 4 is 29.0 Å². The van der Waals surface area contributed by atoms with Crippen LogP contribution in [-0.2, 0) is 4.79 Å². The van der Waals surface area contributed by atoms with Crippen molar-refractivity contribution in [3.8, 4) is 0 Å². The molecule has 0 spiro atoms. The van der Waals surface area contributed by atoms with Crippen LogP contribution in [0.4, 0.5) is 11.4 Å². The van der Waals surface area contributed by atoms with Gasteiger partial charge in [0.25, 0.3) is 0 Å². The quantitative estimate of drug-likeness (QED) is 0.832. The molecular weight excluding hydrogens is 330 g/mol. The first-order chi connectivity index (χ1) is 12.2. The van der Waals surface area contributed by atoms with Gasteiger partial charge in [-0.2, -0.15) is 0 Å². The molecule has 2 aromatic rings. The zero-order valence-electron chi connectivity index (χ0n) is 14.8. The largest absolute Gasteiger partial charge is 0.369 e. The summed E-state index contributed by atoms with van der Waals surface area (Å²) in [6, 6.07) is 18.3. The van der Waals surface area contributed by atoms with Crippen molar-refractivity contribution in [2.45, 2.75) is 17.9 Å². The van der Waals surface area contributed by atoms with E-state index in [1.165, 1.54) is 5.69 Å². The van der Waals surface area contributed by atoms with Crippen LogP contribution in [0.1, 0.15) is 6.92 Å². The molecule has 1 atom stereocenters. The zero-order chi connectivity index (χ0) is 17.6. The SMILES string of the molecule is CSc1ccccc1NC(=O)C(C)N1CCN(c2ccccc2)CC1. The Labute approximate surface area is 154 Å². The summed E-state index contributed by atoms with van der Waals surface area (Å²) in [6.45, 7) is 5.68. The lowest BCUT2D eigenvalue weighted by Gasteiger charge is -2.38. The minimum absolute atomic E-state index is 0.0645. The molecule has 2 aromatic carbocycles. The molecule has 0 bridgehead atoms. The summed E-state index contributed by atoms with van der Waals surface area (Å²) >= 11 is 1.65. The highest BCUT2D eigenvalue weighted by Crippen LogP contribution is 2.25. The van der Waals surface area contributed by atoms with Gasteiger partial charge in [-0.15, -0.1) is 11.8 Å². The van der Waals surface area contributed by atoms with Crippen molar-refractivity contribution in [3.63, 3.8) is 0 Å². The first-order valence-electron chi connectivity index (χ1n) is 8.67. The highest BCUT2D eigenvalue weighted by atomic mass is 32.2. The van der Waals surface area contributed by atoms with Gasteiger partial charge in [-0.1, -0.05) is 30.3 Å². The Hall–Kier alpha value is -1.98. The number of thioether (sulfide) groups is 1. The van der Waals surface area contributed by atoms with Gasteiger partial charge >= 0.3 is 0 Å². The van der Waals surface area contributed by atoms with E-state index in [0.717, 1.165) is 36.8 Å². The normalized spacial score (nSPS) is 16.5. The van der Waals surface area contributed by atoms with Crippen LogP contribution in [0.5, 0.6) is 0 Å². The number of nitrogens with zero attached hydrogens (tertiary/aromatic N) is 2. The molecule has 3 rings (SSSR count). The summed E-state index contributed by atoms with van der Waals surface area (Å²) in [5, 5.41) is 3.09. The number of hydrogen-bond acceptors (Lipinski definition) is 4. The fourth-order valence-corrected chi connectivity index (χ4v) is 3.71. The first-order valence-corrected chi connectivity index (χ1v) is 9.89. The zero-order valence-corrected chi connectivity index (χ0v) is 15.6. The van der Waals surface area contributed by atoms with Crippen molar-refractivity contribution < 1.29 is 4.79 Å². The van der Waals surface area contributed by atoms with Gasteiger partial charge in [0.1, 0.15) is 0 Å². The molecule has 0 aliphatic carbocycles. The van der Waals surface area contributed by atoms with Crippen molar-refractivity contribution in [3.05, 3.63) is 54.6 Å². The summed E-state index contributed by atoms with van der Waals surface area (Å²) < 4.78 is 0. The molecule has 1 saturated heterocycles. The van der Waals surface area contributed by atoms with Crippen LogP contribution < -0.4 is 10.2 Å². The van der Waals surface area contributed by atoms with E-state index in [-0.39, 0.29) is 11.9 Å². The van der Waals surface area contributed by atoms with Crippen LogP contribution in [0.2, 0.25) is 0 Å². The predicted molar refractivity (Wildman–Crippen MR) is 107 cm³/mol. The van der Waals surface area contributed by atoms with Crippen LogP contribution in [0.3, 0.4) is 0 Å². The van der Waals surface area contributed by atoms with Gasteiger partial charge in [0.05, 0.1) is 11.7 Å². The van der Waals surface area contributed by atoms with Gasteiger partial charge in [0, 0.05) is 36.8 Å². The maximum absolute atomic E-state index is 12.7. The summed E-state index contributed by atoms with van der Waals surface area (Å²) in [7, 11) is 0. The van der Waals surface area contributed by atoms with Crippen LogP contribution in [0.25, 0.3) is 0 Å². The molecule has 132 valence electrons. The number of nitrogens with one attached hydrogen (secondary N) is 1. The Morgan fingerprint density at radius 3 is 2.32 bits per heavy atom. The van der Waals surface area contributed by atoms with Gasteiger partial charge < -0.3 is 10.2 Å². The Morgan fingerprint density at radius 2 is 1.64 bits per heavy atom. The highest BCUT2D eigenvalue weighted by Gasteiger charge is 2.26. The van der Waals surface area contributed by atoms with Gasteiger partial charge in [-0.25, -0.2) is 0 Å². The third-order valence-electron chi connectivity index (χ3n) is 4.73. The van der Waals surface area contributed by atoms with Crippen molar-refractivity contribution in [2.24, 2.45) is 0 Å². The number of amides is 1. The minimum Gasteiger partial charge on any atom is -0.369 e. The second-order valence-corrected chi connectivity index (χ2v) is 7.07. The molecule has 5 heteroatoms. The highest BCUT2D eigenvalue weighted by molar-refractivity contribution is 7.98. The number of carbonyl (C=O) groups excluding carboxylic acids is 1. The monoisotopic (exact) mass is 355 g/mol. The molecule has 0 aromatic heterocycles. The van der Waals surface area contributed by atoms with Crippen molar-refractivity contribution in [1.82, 2.24) is 4.90 Å². The second kappa shape index (κ2) is 8.41. The van der Waals surface area contributed by atoms with E-state index in [0.29, 0.717) is 0 Å². The maximum Gasteiger partial charge on any atom is 0.241 e. The Bertz CT molecular complexity index is 699. The van der Waals surface area contributed by atoms with Crippen LogP contribution in [0.15, 0.2) is 59.5 Å². The number of benzene rings is 2. The molecule has 0 radical (unpaired) electrons. The number of para-hydroxylation sites is 2. The lowest BCUT2D eigenvalue weighted by atomic mass is 10.2. The van der Waals surface area contributed by atoms with Crippen molar-refractivity contribution in [1.29, 1.82) is 0 Å². The molecule has 1 amide bonds. The number of rotatable bonds is 5. The smallest absolute Gasteiger partial charge is 0.241 e. The molecule has 1 N–H and O–H groups in total. The number of piperazine rings is 1. The average Bonchev–Trinajstić information content (AvgIpc) is 2.68.